The Hall–Kier alpha value is -4.19. The molecule has 2 N–H and O–H groups in total. The van der Waals surface area contributed by atoms with Crippen LogP contribution >= 0.6 is 11.3 Å². The number of hydrogen-bond acceptors (Lipinski definition) is 8. The zero-order valence-electron chi connectivity index (χ0n) is 17.0. The number of aromatic nitrogens is 3. The molecule has 2 aliphatic rings. The van der Waals surface area contributed by atoms with Gasteiger partial charge in [0.2, 0.25) is 17.7 Å². The highest BCUT2D eigenvalue weighted by molar-refractivity contribution is 7.08. The van der Waals surface area contributed by atoms with Gasteiger partial charge in [-0.3, -0.25) is 34.2 Å². The van der Waals surface area contributed by atoms with Crippen molar-refractivity contribution in [1.82, 2.24) is 25.2 Å². The summed E-state index contributed by atoms with van der Waals surface area (Å²) in [6.45, 7) is -0.153. The van der Waals surface area contributed by atoms with E-state index < -0.39 is 35.6 Å². The van der Waals surface area contributed by atoms with Crippen molar-refractivity contribution in [2.45, 2.75) is 25.4 Å². The summed E-state index contributed by atoms with van der Waals surface area (Å²) < 4.78 is 1.37. The van der Waals surface area contributed by atoms with Gasteiger partial charge in [-0.2, -0.15) is 11.3 Å². The Morgan fingerprint density at radius 2 is 2.03 bits per heavy atom. The van der Waals surface area contributed by atoms with Crippen molar-refractivity contribution in [3.05, 3.63) is 52.3 Å². The molecule has 1 fully saturated rings. The fourth-order valence-corrected chi connectivity index (χ4v) is 4.52. The summed E-state index contributed by atoms with van der Waals surface area (Å²) >= 11 is 1.52. The summed E-state index contributed by atoms with van der Waals surface area (Å²) in [6, 6.07) is 5.32. The van der Waals surface area contributed by atoms with Crippen LogP contribution in [0.3, 0.4) is 0 Å². The minimum absolute atomic E-state index is 0.0121. The van der Waals surface area contributed by atoms with Crippen molar-refractivity contribution in [3.63, 3.8) is 0 Å². The van der Waals surface area contributed by atoms with Crippen LogP contribution in [-0.4, -0.2) is 55.5 Å². The van der Waals surface area contributed by atoms with Gasteiger partial charge in [0.15, 0.2) is 0 Å². The molecule has 0 radical (unpaired) electrons. The first kappa shape index (κ1) is 20.7. The highest BCUT2D eigenvalue weighted by Crippen LogP contribution is 2.32. The van der Waals surface area contributed by atoms with E-state index in [0.29, 0.717) is 5.69 Å². The van der Waals surface area contributed by atoms with E-state index in [2.05, 4.69) is 20.9 Å². The van der Waals surface area contributed by atoms with Gasteiger partial charge in [-0.05, 0) is 30.0 Å². The number of nitrogens with one attached hydrogen (secondary N) is 2. The lowest BCUT2D eigenvalue weighted by Gasteiger charge is -2.27. The maximum Gasteiger partial charge on any atom is 0.264 e. The zero-order valence-corrected chi connectivity index (χ0v) is 17.8. The van der Waals surface area contributed by atoms with Crippen LogP contribution in [-0.2, 0) is 20.9 Å². The summed E-state index contributed by atoms with van der Waals surface area (Å²) in [5.74, 6) is -2.95. The van der Waals surface area contributed by atoms with Gasteiger partial charge in [-0.15, -0.1) is 5.10 Å². The van der Waals surface area contributed by atoms with Crippen LogP contribution < -0.4 is 10.6 Å². The van der Waals surface area contributed by atoms with E-state index in [0.717, 1.165) is 10.5 Å². The van der Waals surface area contributed by atoms with Gasteiger partial charge in [0.25, 0.3) is 11.8 Å². The molecule has 5 amide bonds. The van der Waals surface area contributed by atoms with Crippen molar-refractivity contribution in [2.24, 2.45) is 0 Å². The summed E-state index contributed by atoms with van der Waals surface area (Å²) in [6.07, 6.45) is 1.71. The molecular weight excluding hydrogens is 448 g/mol. The van der Waals surface area contributed by atoms with E-state index >= 15 is 0 Å². The maximum atomic E-state index is 13.1. The number of nitrogens with zero attached hydrogens (tertiary/aromatic N) is 4. The first-order chi connectivity index (χ1) is 15.9. The molecule has 166 valence electrons. The minimum atomic E-state index is -1.08. The molecule has 12 heteroatoms. The second-order valence-corrected chi connectivity index (χ2v) is 8.32. The first-order valence-electron chi connectivity index (χ1n) is 9.99. The Balaban J connectivity index is 1.34. The second kappa shape index (κ2) is 8.06. The molecular formula is C21H16N6O5S. The molecule has 2 aliphatic heterocycles. The smallest absolute Gasteiger partial charge is 0.264 e. The van der Waals surface area contributed by atoms with Crippen LogP contribution in [0.2, 0.25) is 0 Å². The number of fused-ring (bicyclic) bond motifs is 1. The normalized spacial score (nSPS) is 17.8. The number of piperidine rings is 1. The Morgan fingerprint density at radius 3 is 2.79 bits per heavy atom. The number of carbonyl (C=O) groups is 5. The number of anilines is 1. The minimum Gasteiger partial charge on any atom is -0.324 e. The summed E-state index contributed by atoms with van der Waals surface area (Å²) in [7, 11) is 0. The van der Waals surface area contributed by atoms with Gasteiger partial charge in [0.1, 0.15) is 18.3 Å². The lowest BCUT2D eigenvalue weighted by molar-refractivity contribution is -0.136. The first-order valence-corrected chi connectivity index (χ1v) is 10.9. The molecule has 1 unspecified atom stereocenters. The molecule has 1 atom stereocenters. The van der Waals surface area contributed by atoms with Crippen molar-refractivity contribution < 1.29 is 24.0 Å². The van der Waals surface area contributed by atoms with Crippen LogP contribution in [0.25, 0.3) is 11.3 Å². The SMILES string of the molecule is O=C1CCC(N2C(=O)c3cccc(NC(=O)Cn4cc(-c5ccsc5)nn4)c3C2=O)C(=O)N1. The van der Waals surface area contributed by atoms with Gasteiger partial charge in [0.05, 0.1) is 23.0 Å². The van der Waals surface area contributed by atoms with Crippen LogP contribution in [0.1, 0.15) is 33.6 Å². The average Bonchev–Trinajstić information content (AvgIpc) is 3.51. The number of hydrogen-bond donors (Lipinski definition) is 2. The molecule has 1 saturated heterocycles. The Bertz CT molecular complexity index is 1310. The molecule has 5 rings (SSSR count). The lowest BCUT2D eigenvalue weighted by Crippen LogP contribution is -2.54. The molecule has 0 aliphatic carbocycles. The molecule has 2 aromatic heterocycles. The molecule has 33 heavy (non-hydrogen) atoms. The summed E-state index contributed by atoms with van der Waals surface area (Å²) in [5.41, 5.74) is 1.78. The fraction of sp³-hybridized carbons (Fsp3) is 0.190. The molecule has 0 spiro atoms. The standard InChI is InChI=1S/C21H16N6O5S/c28-16-5-4-15(19(30)23-16)27-20(31)12-2-1-3-13(18(12)21(27)32)22-17(29)9-26-8-14(24-25-26)11-6-7-33-10-11/h1-3,6-8,10,15H,4-5,9H2,(H,22,29)(H,23,28,30). The third-order valence-electron chi connectivity index (χ3n) is 5.40. The lowest BCUT2D eigenvalue weighted by atomic mass is 10.0. The highest BCUT2D eigenvalue weighted by atomic mass is 32.1. The third-order valence-corrected chi connectivity index (χ3v) is 6.09. The number of amides is 5. The predicted octanol–water partition coefficient (Wildman–Crippen LogP) is 1.05. The van der Waals surface area contributed by atoms with E-state index in [1.165, 1.54) is 34.2 Å². The maximum absolute atomic E-state index is 13.1. The van der Waals surface area contributed by atoms with Gasteiger partial charge >= 0.3 is 0 Å². The van der Waals surface area contributed by atoms with Crippen LogP contribution in [0, 0.1) is 0 Å². The quantitative estimate of drug-likeness (QED) is 0.537. The number of thiophene rings is 1. The molecule has 1 aromatic carbocycles. The number of rotatable bonds is 5. The predicted molar refractivity (Wildman–Crippen MR) is 115 cm³/mol. The zero-order chi connectivity index (χ0) is 23.1. The fourth-order valence-electron chi connectivity index (χ4n) is 3.87. The average molecular weight is 464 g/mol. The van der Waals surface area contributed by atoms with Gasteiger partial charge in [0, 0.05) is 17.4 Å². The van der Waals surface area contributed by atoms with Crippen molar-refractivity contribution in [3.8, 4) is 11.3 Å². The van der Waals surface area contributed by atoms with Crippen molar-refractivity contribution in [2.75, 3.05) is 5.32 Å². The third kappa shape index (κ3) is 3.69. The van der Waals surface area contributed by atoms with Gasteiger partial charge in [-0.1, -0.05) is 11.3 Å². The van der Waals surface area contributed by atoms with E-state index in [-0.39, 0.29) is 36.2 Å². The van der Waals surface area contributed by atoms with Gasteiger partial charge < -0.3 is 5.32 Å². The molecule has 0 bridgehead atoms. The molecule has 11 nitrogen and oxygen atoms in total. The number of carbonyl (C=O) groups excluding carboxylic acids is 5. The Morgan fingerprint density at radius 1 is 1.18 bits per heavy atom. The van der Waals surface area contributed by atoms with E-state index in [4.69, 9.17) is 0 Å². The van der Waals surface area contributed by atoms with Crippen LogP contribution in [0.15, 0.2) is 41.2 Å². The molecule has 4 heterocycles. The van der Waals surface area contributed by atoms with Crippen molar-refractivity contribution in [1.29, 1.82) is 0 Å². The highest BCUT2D eigenvalue weighted by Gasteiger charge is 2.45. The van der Waals surface area contributed by atoms with Crippen LogP contribution in [0.5, 0.6) is 0 Å². The Labute approximate surface area is 190 Å². The second-order valence-electron chi connectivity index (χ2n) is 7.54. The topological polar surface area (TPSA) is 143 Å². The van der Waals surface area contributed by atoms with E-state index in [1.54, 1.807) is 6.20 Å². The van der Waals surface area contributed by atoms with Gasteiger partial charge in [-0.25, -0.2) is 4.68 Å². The molecule has 3 aromatic rings. The van der Waals surface area contributed by atoms with Crippen molar-refractivity contribution >= 4 is 46.6 Å². The molecule has 0 saturated carbocycles. The number of benzene rings is 1. The summed E-state index contributed by atoms with van der Waals surface area (Å²) in [5, 5.41) is 16.6. The summed E-state index contributed by atoms with van der Waals surface area (Å²) in [4.78, 5) is 63.1. The van der Waals surface area contributed by atoms with E-state index in [1.807, 2.05) is 16.8 Å². The van der Waals surface area contributed by atoms with Crippen LogP contribution in [0.4, 0.5) is 5.69 Å². The largest absolute Gasteiger partial charge is 0.324 e. The Kier molecular flexibility index (Phi) is 5.05. The monoisotopic (exact) mass is 464 g/mol. The number of imide groups is 2. The van der Waals surface area contributed by atoms with E-state index in [9.17, 15) is 24.0 Å².